The summed E-state index contributed by atoms with van der Waals surface area (Å²) in [7, 11) is 1.51. The molecule has 10 heteroatoms. The number of rotatable bonds is 51. The fourth-order valence-electron chi connectivity index (χ4n) is 8.35. The lowest BCUT2D eigenvalue weighted by molar-refractivity contribution is -0.870. The molecule has 0 rings (SSSR count). The van der Waals surface area contributed by atoms with Gasteiger partial charge in [-0.1, -0.05) is 245 Å². The molecule has 0 aromatic heterocycles. The molecule has 3 atom stereocenters. The number of carbonyl (C=O) groups is 2. The first-order valence-electron chi connectivity index (χ1n) is 28.0. The summed E-state index contributed by atoms with van der Waals surface area (Å²) < 4.78 is 30.6. The molecule has 0 aromatic carbocycles. The largest absolute Gasteiger partial charge is 0.472 e. The fourth-order valence-corrected chi connectivity index (χ4v) is 9.09. The van der Waals surface area contributed by atoms with E-state index in [0.717, 1.165) is 57.8 Å². The first-order chi connectivity index (χ1) is 31.4. The lowest BCUT2D eigenvalue weighted by atomic mass is 10.0. The van der Waals surface area contributed by atoms with Crippen molar-refractivity contribution in [1.29, 1.82) is 0 Å². The number of amides is 1. The first-order valence-corrected chi connectivity index (χ1v) is 29.5. The van der Waals surface area contributed by atoms with Crippen LogP contribution in [-0.4, -0.2) is 74.3 Å². The van der Waals surface area contributed by atoms with Crippen LogP contribution in [0.1, 0.15) is 278 Å². The molecular formula is C55H110N2O7P+. The molecule has 0 aliphatic rings. The van der Waals surface area contributed by atoms with Crippen molar-refractivity contribution in [3.8, 4) is 0 Å². The molecule has 2 N–H and O–H groups in total. The zero-order chi connectivity index (χ0) is 48.0. The highest BCUT2D eigenvalue weighted by Gasteiger charge is 2.30. The van der Waals surface area contributed by atoms with Crippen LogP contribution in [0.3, 0.4) is 0 Å². The van der Waals surface area contributed by atoms with Crippen LogP contribution in [0.4, 0.5) is 0 Å². The van der Waals surface area contributed by atoms with Crippen LogP contribution in [0.15, 0.2) is 12.2 Å². The Bertz CT molecular complexity index is 1130. The zero-order valence-corrected chi connectivity index (χ0v) is 44.9. The second kappa shape index (κ2) is 46.5. The van der Waals surface area contributed by atoms with Gasteiger partial charge in [0.05, 0.1) is 33.8 Å². The van der Waals surface area contributed by atoms with Gasteiger partial charge in [0.1, 0.15) is 19.3 Å². The molecule has 0 bridgehead atoms. The van der Waals surface area contributed by atoms with E-state index in [-0.39, 0.29) is 25.1 Å². The van der Waals surface area contributed by atoms with E-state index in [4.69, 9.17) is 13.8 Å². The Morgan fingerprint density at radius 1 is 0.523 bits per heavy atom. The minimum atomic E-state index is -4.43. The summed E-state index contributed by atoms with van der Waals surface area (Å²) in [6, 6.07) is -0.837. The Labute approximate surface area is 403 Å². The number of hydrogen-bond donors (Lipinski definition) is 2. The molecule has 0 fully saturated rings. The predicted octanol–water partition coefficient (Wildman–Crippen LogP) is 16.4. The van der Waals surface area contributed by atoms with Gasteiger partial charge in [0.2, 0.25) is 5.91 Å². The third kappa shape index (κ3) is 47.6. The van der Waals surface area contributed by atoms with Gasteiger partial charge in [-0.3, -0.25) is 18.6 Å². The number of allylic oxidation sites excluding steroid dienone is 1. The molecule has 0 aliphatic carbocycles. The van der Waals surface area contributed by atoms with Crippen LogP contribution in [0.25, 0.3) is 0 Å². The fraction of sp³-hybridized carbons (Fsp3) is 0.927. The van der Waals surface area contributed by atoms with Crippen LogP contribution in [0.5, 0.6) is 0 Å². The first kappa shape index (κ1) is 63.8. The standard InChI is InChI=1S/C55H109N2O7P/c1-7-10-13-16-19-22-25-27-29-32-35-38-41-44-47-54(58)56-52(51-63-65(60,61)62-50-49-57(4,5)6)53(46-43-40-37-34-31-24-21-18-15-12-9-3)64-55(59)48-45-42-39-36-33-30-28-26-23-20-17-14-11-8-2/h43,46,52-53H,7-42,44-45,47-51H2,1-6H3,(H-,56,58,60,61)/p+1/b46-43+. The molecule has 0 saturated heterocycles. The summed E-state index contributed by atoms with van der Waals surface area (Å²) in [5.74, 6) is -0.490. The van der Waals surface area contributed by atoms with Gasteiger partial charge < -0.3 is 19.4 Å². The van der Waals surface area contributed by atoms with E-state index in [2.05, 4.69) is 26.1 Å². The molecule has 9 nitrogen and oxygen atoms in total. The number of unbranched alkanes of at least 4 members (excludes halogenated alkanes) is 35. The number of nitrogens with zero attached hydrogens (tertiary/aromatic N) is 1. The average Bonchev–Trinajstić information content (AvgIpc) is 3.26. The maximum atomic E-state index is 13.5. The van der Waals surface area contributed by atoms with Crippen LogP contribution >= 0.6 is 7.82 Å². The van der Waals surface area contributed by atoms with Crippen molar-refractivity contribution in [3.63, 3.8) is 0 Å². The predicted molar refractivity (Wildman–Crippen MR) is 277 cm³/mol. The van der Waals surface area contributed by atoms with Gasteiger partial charge in [-0.05, 0) is 31.8 Å². The van der Waals surface area contributed by atoms with Gasteiger partial charge in [-0.15, -0.1) is 0 Å². The van der Waals surface area contributed by atoms with E-state index in [0.29, 0.717) is 23.9 Å². The summed E-state index contributed by atoms with van der Waals surface area (Å²) in [4.78, 5) is 37.5. The number of nitrogens with one attached hydrogen (secondary N) is 1. The molecule has 3 unspecified atom stereocenters. The number of phosphoric ester groups is 1. The van der Waals surface area contributed by atoms with Crippen molar-refractivity contribution in [2.45, 2.75) is 290 Å². The zero-order valence-electron chi connectivity index (χ0n) is 44.0. The Hall–Kier alpha value is -1.25. The maximum absolute atomic E-state index is 13.5. The molecule has 65 heavy (non-hydrogen) atoms. The van der Waals surface area contributed by atoms with Crippen molar-refractivity contribution < 1.29 is 37.3 Å². The number of quaternary nitrogens is 1. The van der Waals surface area contributed by atoms with E-state index in [1.807, 2.05) is 33.3 Å². The van der Waals surface area contributed by atoms with Gasteiger partial charge >= 0.3 is 13.8 Å². The van der Waals surface area contributed by atoms with E-state index < -0.39 is 20.0 Å². The van der Waals surface area contributed by atoms with E-state index in [1.165, 1.54) is 186 Å². The van der Waals surface area contributed by atoms with Crippen molar-refractivity contribution in [2.24, 2.45) is 0 Å². The minimum absolute atomic E-state index is 0.0453. The number of esters is 1. The van der Waals surface area contributed by atoms with Gasteiger partial charge in [0.15, 0.2) is 0 Å². The van der Waals surface area contributed by atoms with Crippen molar-refractivity contribution in [2.75, 3.05) is 40.9 Å². The number of phosphoric acid groups is 1. The maximum Gasteiger partial charge on any atom is 0.472 e. The molecule has 0 heterocycles. The third-order valence-corrected chi connectivity index (χ3v) is 13.7. The normalized spacial score (nSPS) is 13.9. The summed E-state index contributed by atoms with van der Waals surface area (Å²) >= 11 is 0. The number of carbonyl (C=O) groups excluding carboxylic acids is 2. The lowest BCUT2D eigenvalue weighted by Crippen LogP contribution is -2.47. The number of ether oxygens (including phenoxy) is 1. The Balaban J connectivity index is 5.32. The van der Waals surface area contributed by atoms with Gasteiger partial charge in [0.25, 0.3) is 0 Å². The Kier molecular flexibility index (Phi) is 45.6. The van der Waals surface area contributed by atoms with Crippen molar-refractivity contribution >= 4 is 19.7 Å². The quantitative estimate of drug-likeness (QED) is 0.0205. The lowest BCUT2D eigenvalue weighted by Gasteiger charge is -2.27. The SMILES string of the molecule is CCCCCCCCCCC/C=C/C(OC(=O)CCCCCCCCCCCCCCCC)C(COP(=O)(O)OCC[N+](C)(C)C)NC(=O)CCCCCCCCCCCCCCCC. The highest BCUT2D eigenvalue weighted by atomic mass is 31.2. The smallest absolute Gasteiger partial charge is 0.456 e. The Morgan fingerprint density at radius 2 is 0.877 bits per heavy atom. The topological polar surface area (TPSA) is 111 Å². The summed E-state index contributed by atoms with van der Waals surface area (Å²) in [6.07, 6.45) is 50.5. The molecule has 0 spiro atoms. The Morgan fingerprint density at radius 3 is 1.26 bits per heavy atom. The van der Waals surface area contributed by atoms with Crippen LogP contribution in [-0.2, 0) is 27.9 Å². The van der Waals surface area contributed by atoms with Gasteiger partial charge in [-0.2, -0.15) is 0 Å². The summed E-state index contributed by atoms with van der Waals surface area (Å²) in [5.41, 5.74) is 0. The van der Waals surface area contributed by atoms with E-state index in [1.54, 1.807) is 0 Å². The van der Waals surface area contributed by atoms with Gasteiger partial charge in [0, 0.05) is 12.8 Å². The van der Waals surface area contributed by atoms with Gasteiger partial charge in [-0.25, -0.2) is 4.57 Å². The van der Waals surface area contributed by atoms with Crippen molar-refractivity contribution in [1.82, 2.24) is 5.32 Å². The molecule has 1 amide bonds. The molecule has 386 valence electrons. The van der Waals surface area contributed by atoms with Crippen LogP contribution in [0, 0.1) is 0 Å². The molecule has 0 saturated carbocycles. The second-order valence-corrected chi connectivity index (χ2v) is 21.9. The van der Waals surface area contributed by atoms with E-state index >= 15 is 0 Å². The molecule has 0 radical (unpaired) electrons. The monoisotopic (exact) mass is 942 g/mol. The van der Waals surface area contributed by atoms with Crippen LogP contribution in [0.2, 0.25) is 0 Å². The second-order valence-electron chi connectivity index (χ2n) is 20.5. The summed E-state index contributed by atoms with van der Waals surface area (Å²) in [5, 5.41) is 3.05. The highest BCUT2D eigenvalue weighted by molar-refractivity contribution is 7.47. The average molecular weight is 942 g/mol. The molecular weight excluding hydrogens is 832 g/mol. The van der Waals surface area contributed by atoms with Crippen molar-refractivity contribution in [3.05, 3.63) is 12.2 Å². The number of likely N-dealkylation sites (N-methyl/N-ethyl adjacent to an activating group) is 1. The molecule has 0 aromatic rings. The molecule has 0 aliphatic heterocycles. The minimum Gasteiger partial charge on any atom is -0.456 e. The summed E-state index contributed by atoms with van der Waals surface area (Å²) in [6.45, 7) is 7.03. The third-order valence-electron chi connectivity index (χ3n) is 12.7. The van der Waals surface area contributed by atoms with E-state index in [9.17, 15) is 19.0 Å². The number of hydrogen-bond acceptors (Lipinski definition) is 6. The van der Waals surface area contributed by atoms with Crippen LogP contribution < -0.4 is 5.32 Å². The highest BCUT2D eigenvalue weighted by Crippen LogP contribution is 2.43.